The minimum Gasteiger partial charge on any atom is -0.378 e. The summed E-state index contributed by atoms with van der Waals surface area (Å²) < 4.78 is 7.20. The molecule has 0 unspecified atom stereocenters. The number of hydrogen-bond donors (Lipinski definition) is 1. The van der Waals surface area contributed by atoms with Crippen molar-refractivity contribution >= 4 is 27.5 Å². The number of likely N-dealkylation sites (tertiary alicyclic amines) is 1. The molecule has 5 nitrogen and oxygen atoms in total. The van der Waals surface area contributed by atoms with Crippen LogP contribution in [0.25, 0.3) is 10.2 Å². The van der Waals surface area contributed by atoms with Crippen molar-refractivity contribution in [2.75, 3.05) is 32.8 Å². The Balaban J connectivity index is 1.11. The van der Waals surface area contributed by atoms with Crippen molar-refractivity contribution in [1.29, 1.82) is 0 Å². The molecule has 0 spiro atoms. The van der Waals surface area contributed by atoms with Gasteiger partial charge in [0.1, 0.15) is 0 Å². The second-order valence-corrected chi connectivity index (χ2v) is 9.47. The van der Waals surface area contributed by atoms with Gasteiger partial charge in [0.2, 0.25) is 5.91 Å². The summed E-state index contributed by atoms with van der Waals surface area (Å²) in [7, 11) is 0. The van der Waals surface area contributed by atoms with Crippen LogP contribution < -0.4 is 5.32 Å². The Morgan fingerprint density at radius 1 is 1.14 bits per heavy atom. The van der Waals surface area contributed by atoms with Gasteiger partial charge in [0.05, 0.1) is 27.9 Å². The van der Waals surface area contributed by atoms with Crippen LogP contribution in [0, 0.1) is 0 Å². The van der Waals surface area contributed by atoms with Crippen LogP contribution in [0.2, 0.25) is 0 Å². The van der Waals surface area contributed by atoms with E-state index < -0.39 is 0 Å². The van der Waals surface area contributed by atoms with Crippen LogP contribution in [0.4, 0.5) is 0 Å². The SMILES string of the molecule is O=C(CN1CCC(c2nc3ccccc3s2)CC1)NCCCOC1CCCCC1. The highest BCUT2D eigenvalue weighted by Gasteiger charge is 2.24. The maximum atomic E-state index is 12.2. The van der Waals surface area contributed by atoms with Crippen molar-refractivity contribution in [2.24, 2.45) is 0 Å². The zero-order valence-electron chi connectivity index (χ0n) is 17.3. The topological polar surface area (TPSA) is 54.5 Å². The number of fused-ring (bicyclic) bond motifs is 1. The molecule has 1 aliphatic carbocycles. The number of piperidine rings is 1. The van der Waals surface area contributed by atoms with Crippen molar-refractivity contribution in [3.05, 3.63) is 29.3 Å². The fraction of sp³-hybridized carbons (Fsp3) is 0.652. The van der Waals surface area contributed by atoms with Crippen molar-refractivity contribution in [3.63, 3.8) is 0 Å². The number of amides is 1. The maximum Gasteiger partial charge on any atom is 0.234 e. The van der Waals surface area contributed by atoms with Crippen LogP contribution in [0.15, 0.2) is 24.3 Å². The third-order valence-electron chi connectivity index (χ3n) is 6.16. The number of aromatic nitrogens is 1. The molecule has 158 valence electrons. The lowest BCUT2D eigenvalue weighted by Gasteiger charge is -2.30. The average Bonchev–Trinajstić information content (AvgIpc) is 3.19. The molecule has 1 N–H and O–H groups in total. The molecule has 1 aromatic heterocycles. The predicted octanol–water partition coefficient (Wildman–Crippen LogP) is 4.33. The van der Waals surface area contributed by atoms with E-state index in [1.54, 1.807) is 0 Å². The minimum absolute atomic E-state index is 0.140. The van der Waals surface area contributed by atoms with Gasteiger partial charge < -0.3 is 10.1 Å². The second-order valence-electron chi connectivity index (χ2n) is 8.40. The maximum absolute atomic E-state index is 12.2. The van der Waals surface area contributed by atoms with Gasteiger partial charge in [0, 0.05) is 19.1 Å². The zero-order valence-corrected chi connectivity index (χ0v) is 18.1. The number of rotatable bonds is 8. The number of ether oxygens (including phenoxy) is 1. The van der Waals surface area contributed by atoms with E-state index in [1.807, 2.05) is 11.3 Å². The largest absolute Gasteiger partial charge is 0.378 e. The van der Waals surface area contributed by atoms with Gasteiger partial charge in [-0.3, -0.25) is 9.69 Å². The normalized spacial score (nSPS) is 19.6. The molecule has 1 aromatic carbocycles. The van der Waals surface area contributed by atoms with E-state index in [9.17, 15) is 4.79 Å². The fourth-order valence-corrected chi connectivity index (χ4v) is 5.58. The first-order valence-corrected chi connectivity index (χ1v) is 12.1. The first-order chi connectivity index (χ1) is 14.3. The first-order valence-electron chi connectivity index (χ1n) is 11.2. The quantitative estimate of drug-likeness (QED) is 0.652. The van der Waals surface area contributed by atoms with Crippen molar-refractivity contribution < 1.29 is 9.53 Å². The van der Waals surface area contributed by atoms with Crippen LogP contribution in [0.5, 0.6) is 0 Å². The van der Waals surface area contributed by atoms with E-state index in [4.69, 9.17) is 9.72 Å². The van der Waals surface area contributed by atoms with Gasteiger partial charge in [0.15, 0.2) is 0 Å². The van der Waals surface area contributed by atoms with Gasteiger partial charge >= 0.3 is 0 Å². The molecule has 1 aliphatic heterocycles. The number of nitrogens with one attached hydrogen (secondary N) is 1. The lowest BCUT2D eigenvalue weighted by molar-refractivity contribution is -0.122. The van der Waals surface area contributed by atoms with E-state index in [2.05, 4.69) is 34.5 Å². The Hall–Kier alpha value is -1.50. The number of carbonyl (C=O) groups is 1. The van der Waals surface area contributed by atoms with E-state index >= 15 is 0 Å². The molecule has 2 fully saturated rings. The molecule has 6 heteroatoms. The summed E-state index contributed by atoms with van der Waals surface area (Å²) in [6.45, 7) is 3.93. The lowest BCUT2D eigenvalue weighted by atomic mass is 9.97. The Kier molecular flexibility index (Phi) is 7.52. The number of thiazole rings is 1. The molecule has 0 atom stereocenters. The van der Waals surface area contributed by atoms with E-state index in [0.29, 0.717) is 25.1 Å². The molecule has 4 rings (SSSR count). The van der Waals surface area contributed by atoms with Crippen LogP contribution in [0.3, 0.4) is 0 Å². The van der Waals surface area contributed by atoms with E-state index in [1.165, 1.54) is 41.8 Å². The fourth-order valence-electron chi connectivity index (χ4n) is 4.44. The third kappa shape index (κ3) is 6.00. The molecule has 2 aromatic rings. The van der Waals surface area contributed by atoms with Gasteiger partial charge in [0.25, 0.3) is 0 Å². The highest BCUT2D eigenvalue weighted by atomic mass is 32.1. The summed E-state index contributed by atoms with van der Waals surface area (Å²) in [5.74, 6) is 0.671. The van der Waals surface area contributed by atoms with Gasteiger partial charge in [-0.2, -0.15) is 0 Å². The number of para-hydroxylation sites is 1. The summed E-state index contributed by atoms with van der Waals surface area (Å²) >= 11 is 1.82. The molecule has 0 bridgehead atoms. The monoisotopic (exact) mass is 415 g/mol. The van der Waals surface area contributed by atoms with E-state index in [0.717, 1.165) is 44.5 Å². The summed E-state index contributed by atoms with van der Waals surface area (Å²) in [5.41, 5.74) is 1.11. The van der Waals surface area contributed by atoms with Crippen LogP contribution in [-0.2, 0) is 9.53 Å². The molecule has 2 heterocycles. The summed E-state index contributed by atoms with van der Waals surface area (Å²) in [4.78, 5) is 19.3. The first kappa shape index (κ1) is 20.8. The van der Waals surface area contributed by atoms with Crippen molar-refractivity contribution in [3.8, 4) is 0 Å². The van der Waals surface area contributed by atoms with Gasteiger partial charge in [-0.25, -0.2) is 4.98 Å². The lowest BCUT2D eigenvalue weighted by Crippen LogP contribution is -2.41. The highest BCUT2D eigenvalue weighted by molar-refractivity contribution is 7.18. The number of benzene rings is 1. The van der Waals surface area contributed by atoms with Gasteiger partial charge in [-0.05, 0) is 57.3 Å². The van der Waals surface area contributed by atoms with Crippen molar-refractivity contribution in [2.45, 2.75) is 63.4 Å². The smallest absolute Gasteiger partial charge is 0.234 e. The molecule has 1 amide bonds. The molecular weight excluding hydrogens is 382 g/mol. The Morgan fingerprint density at radius 2 is 1.93 bits per heavy atom. The summed E-state index contributed by atoms with van der Waals surface area (Å²) in [6, 6.07) is 8.37. The standard InChI is InChI=1S/C23H33N3O2S/c27-22(24-13-6-16-28-19-7-2-1-3-8-19)17-26-14-11-18(12-15-26)23-25-20-9-4-5-10-21(20)29-23/h4-5,9-10,18-19H,1-3,6-8,11-17H2,(H,24,27). The van der Waals surface area contributed by atoms with Crippen LogP contribution >= 0.6 is 11.3 Å². The second kappa shape index (κ2) is 10.5. The number of nitrogens with zero attached hydrogens (tertiary/aromatic N) is 2. The van der Waals surface area contributed by atoms with Crippen LogP contribution in [-0.4, -0.2) is 54.7 Å². The molecule has 29 heavy (non-hydrogen) atoms. The Labute approximate surface area is 177 Å². The zero-order chi connectivity index (χ0) is 19.9. The molecule has 2 aliphatic rings. The van der Waals surface area contributed by atoms with Crippen LogP contribution in [0.1, 0.15) is 62.3 Å². The Bertz CT molecular complexity index is 746. The number of hydrogen-bond acceptors (Lipinski definition) is 5. The molecule has 0 radical (unpaired) electrons. The molecular formula is C23H33N3O2S. The summed E-state index contributed by atoms with van der Waals surface area (Å²) in [5, 5.41) is 4.32. The highest BCUT2D eigenvalue weighted by Crippen LogP contribution is 2.33. The minimum atomic E-state index is 0.140. The van der Waals surface area contributed by atoms with E-state index in [-0.39, 0.29) is 5.91 Å². The molecule has 1 saturated heterocycles. The third-order valence-corrected chi connectivity index (χ3v) is 7.36. The summed E-state index contributed by atoms with van der Waals surface area (Å²) in [6.07, 6.45) is 9.91. The molecule has 1 saturated carbocycles. The van der Waals surface area contributed by atoms with Gasteiger partial charge in [-0.1, -0.05) is 31.4 Å². The predicted molar refractivity (Wildman–Crippen MR) is 118 cm³/mol. The van der Waals surface area contributed by atoms with Crippen molar-refractivity contribution in [1.82, 2.24) is 15.2 Å². The van der Waals surface area contributed by atoms with Gasteiger partial charge in [-0.15, -0.1) is 11.3 Å². The average molecular weight is 416 g/mol. The Morgan fingerprint density at radius 3 is 2.72 bits per heavy atom. The number of carbonyl (C=O) groups excluding carboxylic acids is 1.